The molecule has 2 bridgehead atoms. The van der Waals surface area contributed by atoms with Crippen molar-refractivity contribution >= 4 is 23.2 Å². The fraction of sp³-hybridized carbons (Fsp3) is 0.412. The van der Waals surface area contributed by atoms with E-state index in [1.165, 1.54) is 17.7 Å². The molecule has 0 saturated carbocycles. The Morgan fingerprint density at radius 3 is 2.74 bits per heavy atom. The van der Waals surface area contributed by atoms with Crippen LogP contribution < -0.4 is 0 Å². The highest BCUT2D eigenvalue weighted by atomic mass is 35.5. The minimum absolute atomic E-state index is 0.0482. The van der Waals surface area contributed by atoms with Gasteiger partial charge in [0, 0.05) is 36.8 Å². The van der Waals surface area contributed by atoms with E-state index in [2.05, 4.69) is 14.9 Å². The number of phenolic OH excluding ortho intramolecular Hbond substituents is 1. The number of benzene rings is 1. The Bertz CT molecular complexity index is 757. The van der Waals surface area contributed by atoms with Gasteiger partial charge in [-0.1, -0.05) is 23.2 Å². The highest BCUT2D eigenvalue weighted by Crippen LogP contribution is 2.44. The number of aromatic hydroxyl groups is 1. The van der Waals surface area contributed by atoms with E-state index >= 15 is 0 Å². The zero-order chi connectivity index (χ0) is 16.1. The van der Waals surface area contributed by atoms with Crippen LogP contribution in [-0.2, 0) is 13.0 Å². The Morgan fingerprint density at radius 1 is 1.26 bits per heavy atom. The van der Waals surface area contributed by atoms with E-state index in [-0.39, 0.29) is 5.75 Å². The third kappa shape index (κ3) is 2.59. The number of phenols is 1. The van der Waals surface area contributed by atoms with Crippen LogP contribution in [0.5, 0.6) is 5.75 Å². The third-order valence-electron chi connectivity index (χ3n) is 4.89. The predicted octanol–water partition coefficient (Wildman–Crippen LogP) is 4.06. The van der Waals surface area contributed by atoms with Gasteiger partial charge < -0.3 is 5.11 Å². The number of rotatable bonds is 2. The fourth-order valence-electron chi connectivity index (χ4n) is 3.84. The van der Waals surface area contributed by atoms with Gasteiger partial charge in [0.15, 0.2) is 5.75 Å². The van der Waals surface area contributed by atoms with Crippen LogP contribution in [0.15, 0.2) is 18.3 Å². The lowest BCUT2D eigenvalue weighted by atomic mass is 9.98. The lowest BCUT2D eigenvalue weighted by molar-refractivity contribution is 0.166. The molecule has 1 aromatic heterocycles. The molecule has 1 aromatic carbocycles. The Morgan fingerprint density at radius 2 is 2.00 bits per heavy atom. The first-order valence-electron chi connectivity index (χ1n) is 7.78. The lowest BCUT2D eigenvalue weighted by Crippen LogP contribution is -2.37. The first-order valence-corrected chi connectivity index (χ1v) is 8.53. The van der Waals surface area contributed by atoms with Gasteiger partial charge in [-0.3, -0.25) is 4.90 Å². The van der Waals surface area contributed by atoms with Gasteiger partial charge in [0.05, 0.1) is 15.7 Å². The van der Waals surface area contributed by atoms with Gasteiger partial charge in [0.1, 0.15) is 5.82 Å². The summed E-state index contributed by atoms with van der Waals surface area (Å²) in [6, 6.07) is 4.44. The Kier molecular flexibility index (Phi) is 3.71. The van der Waals surface area contributed by atoms with Crippen LogP contribution in [0.3, 0.4) is 0 Å². The van der Waals surface area contributed by atoms with E-state index in [4.69, 9.17) is 23.2 Å². The first-order chi connectivity index (χ1) is 11.0. The third-order valence-corrected chi connectivity index (χ3v) is 5.47. The van der Waals surface area contributed by atoms with Crippen molar-refractivity contribution in [3.05, 3.63) is 51.0 Å². The molecule has 2 atom stereocenters. The molecule has 2 unspecified atom stereocenters. The van der Waals surface area contributed by atoms with Gasteiger partial charge in [0.25, 0.3) is 0 Å². The second kappa shape index (κ2) is 5.62. The van der Waals surface area contributed by atoms with E-state index in [9.17, 15) is 5.11 Å². The molecule has 1 N–H and O–H groups in total. The van der Waals surface area contributed by atoms with Crippen molar-refractivity contribution in [1.29, 1.82) is 0 Å². The number of hydrogen-bond donors (Lipinski definition) is 1. The number of aryl methyl sites for hydroxylation is 1. The zero-order valence-corrected chi connectivity index (χ0v) is 14.3. The average molecular weight is 350 g/mol. The summed E-state index contributed by atoms with van der Waals surface area (Å²) in [5.74, 6) is 0.793. The van der Waals surface area contributed by atoms with Crippen LogP contribution in [-0.4, -0.2) is 26.0 Å². The van der Waals surface area contributed by atoms with Crippen LogP contribution >= 0.6 is 23.2 Å². The van der Waals surface area contributed by atoms with E-state index in [0.717, 1.165) is 30.8 Å². The molecule has 1 fully saturated rings. The van der Waals surface area contributed by atoms with Gasteiger partial charge in [0.2, 0.25) is 0 Å². The van der Waals surface area contributed by atoms with Crippen LogP contribution in [0.25, 0.3) is 0 Å². The number of hydrogen-bond acceptors (Lipinski definition) is 4. The maximum absolute atomic E-state index is 9.72. The molecule has 2 aromatic rings. The lowest BCUT2D eigenvalue weighted by Gasteiger charge is -2.35. The van der Waals surface area contributed by atoms with Crippen molar-refractivity contribution in [2.24, 2.45) is 0 Å². The molecule has 6 heteroatoms. The van der Waals surface area contributed by atoms with Crippen molar-refractivity contribution in [3.8, 4) is 5.75 Å². The van der Waals surface area contributed by atoms with Crippen molar-refractivity contribution in [2.45, 2.75) is 44.8 Å². The normalized spacial score (nSPS) is 23.1. The summed E-state index contributed by atoms with van der Waals surface area (Å²) in [7, 11) is 0. The molecule has 23 heavy (non-hydrogen) atoms. The molecule has 4 nitrogen and oxygen atoms in total. The summed E-state index contributed by atoms with van der Waals surface area (Å²) >= 11 is 12.1. The summed E-state index contributed by atoms with van der Waals surface area (Å²) in [5, 5.41) is 10.3. The summed E-state index contributed by atoms with van der Waals surface area (Å²) in [6.45, 7) is 2.71. The van der Waals surface area contributed by atoms with Gasteiger partial charge in [-0.2, -0.15) is 0 Å². The molecule has 3 heterocycles. The van der Waals surface area contributed by atoms with E-state index < -0.39 is 0 Å². The summed E-state index contributed by atoms with van der Waals surface area (Å²) in [4.78, 5) is 11.5. The highest BCUT2D eigenvalue weighted by molar-refractivity contribution is 6.37. The van der Waals surface area contributed by atoms with Crippen LogP contribution in [0.1, 0.15) is 41.5 Å². The summed E-state index contributed by atoms with van der Waals surface area (Å²) in [6.07, 6.45) is 5.24. The van der Waals surface area contributed by atoms with Gasteiger partial charge >= 0.3 is 0 Å². The second-order valence-electron chi connectivity index (χ2n) is 6.35. The van der Waals surface area contributed by atoms with Crippen LogP contribution in [0.2, 0.25) is 10.0 Å². The van der Waals surface area contributed by atoms with Gasteiger partial charge in [-0.15, -0.1) is 0 Å². The monoisotopic (exact) mass is 349 g/mol. The zero-order valence-electron chi connectivity index (χ0n) is 12.8. The first kappa shape index (κ1) is 15.2. The number of aromatic nitrogens is 2. The van der Waals surface area contributed by atoms with E-state index in [0.29, 0.717) is 22.1 Å². The molecule has 0 amide bonds. The van der Waals surface area contributed by atoms with Crippen molar-refractivity contribution < 1.29 is 5.11 Å². The second-order valence-corrected chi connectivity index (χ2v) is 7.17. The van der Waals surface area contributed by atoms with Gasteiger partial charge in [-0.25, -0.2) is 9.97 Å². The SMILES string of the molecule is Cc1ncc2c(n1)CC1CCC2N1Cc1cc(Cl)c(O)c(Cl)c1. The molecule has 1 saturated heterocycles. The standard InChI is InChI=1S/C17H17Cl2N3O/c1-9-20-7-12-15(21-9)6-11-2-3-16(12)22(11)8-10-4-13(18)17(23)14(19)5-10/h4-5,7,11,16,23H,2-3,6,8H2,1H3. The molecule has 2 aliphatic rings. The predicted molar refractivity (Wildman–Crippen MR) is 89.9 cm³/mol. The van der Waals surface area contributed by atoms with Crippen LogP contribution in [0, 0.1) is 6.92 Å². The maximum atomic E-state index is 9.72. The Hall–Kier alpha value is -1.36. The maximum Gasteiger partial charge on any atom is 0.152 e. The smallest absolute Gasteiger partial charge is 0.152 e. The quantitative estimate of drug-likeness (QED) is 0.887. The number of nitrogens with zero attached hydrogens (tertiary/aromatic N) is 3. The largest absolute Gasteiger partial charge is 0.505 e. The molecular formula is C17H17Cl2N3O. The topological polar surface area (TPSA) is 49.2 Å². The van der Waals surface area contributed by atoms with Crippen molar-refractivity contribution in [2.75, 3.05) is 0 Å². The Balaban J connectivity index is 1.65. The molecule has 0 spiro atoms. The molecule has 0 radical (unpaired) electrons. The summed E-state index contributed by atoms with van der Waals surface area (Å²) in [5.41, 5.74) is 3.47. The molecule has 0 aliphatic carbocycles. The van der Waals surface area contributed by atoms with Crippen LogP contribution in [0.4, 0.5) is 0 Å². The minimum atomic E-state index is -0.0482. The molecule has 120 valence electrons. The Labute approximate surface area is 145 Å². The molecular weight excluding hydrogens is 333 g/mol. The highest BCUT2D eigenvalue weighted by Gasteiger charge is 2.40. The number of halogens is 2. The fourth-order valence-corrected chi connectivity index (χ4v) is 4.37. The summed E-state index contributed by atoms with van der Waals surface area (Å²) < 4.78 is 0. The number of fused-ring (bicyclic) bond motifs is 4. The minimum Gasteiger partial charge on any atom is -0.505 e. The van der Waals surface area contributed by atoms with Crippen molar-refractivity contribution in [1.82, 2.24) is 14.9 Å². The van der Waals surface area contributed by atoms with E-state index in [1.54, 1.807) is 12.1 Å². The molecule has 4 rings (SSSR count). The van der Waals surface area contributed by atoms with Gasteiger partial charge in [-0.05, 0) is 37.5 Å². The average Bonchev–Trinajstić information content (AvgIpc) is 2.78. The van der Waals surface area contributed by atoms with Crippen molar-refractivity contribution in [3.63, 3.8) is 0 Å². The van der Waals surface area contributed by atoms with E-state index in [1.807, 2.05) is 13.1 Å². The molecule has 2 aliphatic heterocycles.